The molecule has 1 unspecified atom stereocenters. The van der Waals surface area contributed by atoms with E-state index in [2.05, 4.69) is 50.9 Å². The Hall–Kier alpha value is 0.460. The summed E-state index contributed by atoms with van der Waals surface area (Å²) >= 11 is 20.9. The molecule has 17 heavy (non-hydrogen) atoms. The maximum Gasteiger partial charge on any atom is 0.107 e. The molecule has 5 heteroatoms. The molecule has 0 N–H and O–H groups in total. The standard InChI is InChI=1S/C12H8Br2Cl2S/c1-6-2-3-7(4-8(6)13)11(15)10-5-9(14)12(16)17-10/h2-5,11H,1H3. The second-order valence-corrected chi connectivity index (χ2v) is 7.47. The molecule has 1 heterocycles. The summed E-state index contributed by atoms with van der Waals surface area (Å²) in [7, 11) is 0. The molecule has 1 aromatic carbocycles. The van der Waals surface area contributed by atoms with Crippen LogP contribution in [-0.4, -0.2) is 0 Å². The van der Waals surface area contributed by atoms with E-state index in [-0.39, 0.29) is 5.38 Å². The van der Waals surface area contributed by atoms with Crippen molar-refractivity contribution in [3.63, 3.8) is 0 Å². The first-order chi connectivity index (χ1) is 7.99. The molecule has 2 rings (SSSR count). The molecule has 1 aromatic heterocycles. The summed E-state index contributed by atoms with van der Waals surface area (Å²) in [6, 6.07) is 8.12. The number of thiophene rings is 1. The Morgan fingerprint density at radius 3 is 2.41 bits per heavy atom. The highest BCUT2D eigenvalue weighted by Crippen LogP contribution is 2.40. The van der Waals surface area contributed by atoms with Crippen molar-refractivity contribution in [1.29, 1.82) is 0 Å². The van der Waals surface area contributed by atoms with Gasteiger partial charge < -0.3 is 0 Å². The highest BCUT2D eigenvalue weighted by Gasteiger charge is 2.16. The van der Waals surface area contributed by atoms with Gasteiger partial charge in [-0.25, -0.2) is 0 Å². The van der Waals surface area contributed by atoms with E-state index in [0.717, 1.165) is 23.7 Å². The summed E-state index contributed by atoms with van der Waals surface area (Å²) in [5.41, 5.74) is 2.26. The van der Waals surface area contributed by atoms with Gasteiger partial charge in [-0.1, -0.05) is 39.7 Å². The van der Waals surface area contributed by atoms with Gasteiger partial charge in [-0.15, -0.1) is 22.9 Å². The van der Waals surface area contributed by atoms with Crippen LogP contribution in [0.4, 0.5) is 0 Å². The molecule has 0 spiro atoms. The number of rotatable bonds is 2. The first-order valence-corrected chi connectivity index (χ1v) is 8.05. The molecule has 0 saturated carbocycles. The van der Waals surface area contributed by atoms with Crippen LogP contribution in [0.2, 0.25) is 4.34 Å². The van der Waals surface area contributed by atoms with Gasteiger partial charge in [-0.2, -0.15) is 0 Å². The lowest BCUT2D eigenvalue weighted by Crippen LogP contribution is -1.90. The Morgan fingerprint density at radius 1 is 1.18 bits per heavy atom. The highest BCUT2D eigenvalue weighted by molar-refractivity contribution is 9.10. The van der Waals surface area contributed by atoms with Crippen molar-refractivity contribution in [2.24, 2.45) is 0 Å². The van der Waals surface area contributed by atoms with Crippen LogP contribution in [0.1, 0.15) is 21.4 Å². The number of hydrogen-bond donors (Lipinski definition) is 0. The first kappa shape index (κ1) is 13.9. The van der Waals surface area contributed by atoms with Crippen LogP contribution in [0.15, 0.2) is 33.2 Å². The maximum absolute atomic E-state index is 6.45. The maximum atomic E-state index is 6.45. The van der Waals surface area contributed by atoms with E-state index in [1.807, 2.05) is 12.1 Å². The lowest BCUT2D eigenvalue weighted by atomic mass is 10.1. The molecule has 0 nitrogen and oxygen atoms in total. The average molecular weight is 415 g/mol. The lowest BCUT2D eigenvalue weighted by molar-refractivity contribution is 1.17. The number of halogens is 4. The van der Waals surface area contributed by atoms with Crippen molar-refractivity contribution in [2.75, 3.05) is 0 Å². The van der Waals surface area contributed by atoms with Gasteiger partial charge in [0, 0.05) is 13.8 Å². The van der Waals surface area contributed by atoms with Gasteiger partial charge in [0.05, 0.1) is 5.38 Å². The first-order valence-electron chi connectivity index (χ1n) is 4.84. The Labute approximate surface area is 131 Å². The quantitative estimate of drug-likeness (QED) is 0.488. The third-order valence-electron chi connectivity index (χ3n) is 2.40. The minimum Gasteiger partial charge on any atom is -0.125 e. The molecular formula is C12H8Br2Cl2S. The van der Waals surface area contributed by atoms with Crippen molar-refractivity contribution in [2.45, 2.75) is 12.3 Å². The zero-order valence-corrected chi connectivity index (χ0v) is 14.3. The third kappa shape index (κ3) is 3.07. The zero-order chi connectivity index (χ0) is 12.6. The van der Waals surface area contributed by atoms with Crippen LogP contribution in [0, 0.1) is 6.92 Å². The van der Waals surface area contributed by atoms with E-state index >= 15 is 0 Å². The topological polar surface area (TPSA) is 0 Å². The van der Waals surface area contributed by atoms with Gasteiger partial charge in [0.2, 0.25) is 0 Å². The van der Waals surface area contributed by atoms with Crippen molar-refractivity contribution < 1.29 is 0 Å². The summed E-state index contributed by atoms with van der Waals surface area (Å²) in [6.07, 6.45) is 0. The molecule has 0 saturated heterocycles. The monoisotopic (exact) mass is 412 g/mol. The number of aryl methyl sites for hydroxylation is 1. The Kier molecular flexibility index (Phi) is 4.59. The predicted octanol–water partition coefficient (Wildman–Crippen LogP) is 6.56. The van der Waals surface area contributed by atoms with E-state index in [1.54, 1.807) is 0 Å². The SMILES string of the molecule is Cc1ccc(C(Cl)c2cc(Br)c(Cl)s2)cc1Br. The van der Waals surface area contributed by atoms with Crippen molar-refractivity contribution in [1.82, 2.24) is 0 Å². The second kappa shape index (κ2) is 5.62. The van der Waals surface area contributed by atoms with E-state index < -0.39 is 0 Å². The smallest absolute Gasteiger partial charge is 0.107 e. The lowest BCUT2D eigenvalue weighted by Gasteiger charge is -2.09. The largest absolute Gasteiger partial charge is 0.125 e. The Bertz CT molecular complexity index is 532. The highest BCUT2D eigenvalue weighted by atomic mass is 79.9. The van der Waals surface area contributed by atoms with Gasteiger partial charge in [-0.05, 0) is 46.1 Å². The fourth-order valence-electron chi connectivity index (χ4n) is 1.42. The van der Waals surface area contributed by atoms with Crippen LogP contribution in [0.3, 0.4) is 0 Å². The van der Waals surface area contributed by atoms with Crippen molar-refractivity contribution >= 4 is 66.4 Å². The molecule has 1 atom stereocenters. The van der Waals surface area contributed by atoms with Crippen LogP contribution in [-0.2, 0) is 0 Å². The molecule has 0 aliphatic carbocycles. The number of benzene rings is 1. The Balaban J connectivity index is 2.36. The van der Waals surface area contributed by atoms with E-state index in [4.69, 9.17) is 23.2 Å². The molecule has 0 aliphatic heterocycles. The van der Waals surface area contributed by atoms with Gasteiger partial charge in [0.25, 0.3) is 0 Å². The van der Waals surface area contributed by atoms with E-state index in [1.165, 1.54) is 16.9 Å². The summed E-state index contributed by atoms with van der Waals surface area (Å²) < 4.78 is 2.70. The van der Waals surface area contributed by atoms with E-state index in [9.17, 15) is 0 Å². The molecule has 0 bridgehead atoms. The fourth-order valence-corrected chi connectivity index (χ4v) is 3.89. The van der Waals surface area contributed by atoms with Crippen LogP contribution < -0.4 is 0 Å². The van der Waals surface area contributed by atoms with Crippen molar-refractivity contribution in [3.05, 3.63) is 53.6 Å². The molecule has 0 amide bonds. The molecular weight excluding hydrogens is 407 g/mol. The average Bonchev–Trinajstić information content (AvgIpc) is 2.62. The van der Waals surface area contributed by atoms with Gasteiger partial charge in [-0.3, -0.25) is 0 Å². The summed E-state index contributed by atoms with van der Waals surface area (Å²) in [5.74, 6) is 0. The number of hydrogen-bond acceptors (Lipinski definition) is 1. The van der Waals surface area contributed by atoms with Crippen LogP contribution in [0.25, 0.3) is 0 Å². The summed E-state index contributed by atoms with van der Waals surface area (Å²) in [4.78, 5) is 1.04. The Morgan fingerprint density at radius 2 is 1.88 bits per heavy atom. The van der Waals surface area contributed by atoms with Crippen LogP contribution in [0.5, 0.6) is 0 Å². The normalized spacial score (nSPS) is 12.8. The van der Waals surface area contributed by atoms with Gasteiger partial charge in [0.15, 0.2) is 0 Å². The van der Waals surface area contributed by atoms with Crippen LogP contribution >= 0.6 is 66.4 Å². The predicted molar refractivity (Wildman–Crippen MR) is 83.6 cm³/mol. The number of alkyl halides is 1. The molecule has 0 aliphatic rings. The summed E-state index contributed by atoms with van der Waals surface area (Å²) in [5, 5.41) is -0.166. The second-order valence-electron chi connectivity index (χ2n) is 3.64. The van der Waals surface area contributed by atoms with Gasteiger partial charge >= 0.3 is 0 Å². The molecule has 2 aromatic rings. The van der Waals surface area contributed by atoms with Crippen molar-refractivity contribution in [3.8, 4) is 0 Å². The van der Waals surface area contributed by atoms with E-state index in [0.29, 0.717) is 0 Å². The zero-order valence-electron chi connectivity index (χ0n) is 8.81. The molecule has 0 fully saturated rings. The minimum atomic E-state index is -0.166. The third-order valence-corrected chi connectivity index (χ3v) is 6.41. The van der Waals surface area contributed by atoms with Gasteiger partial charge in [0.1, 0.15) is 4.34 Å². The summed E-state index contributed by atoms with van der Waals surface area (Å²) in [6.45, 7) is 2.05. The molecule has 0 radical (unpaired) electrons. The molecule has 90 valence electrons. The fraction of sp³-hybridized carbons (Fsp3) is 0.167. The minimum absolute atomic E-state index is 0.166.